The number of para-hydroxylation sites is 1. The fourth-order valence-electron chi connectivity index (χ4n) is 2.79. The highest BCUT2D eigenvalue weighted by atomic mass is 16.4. The standard InChI is InChI=1S/C16H12N2O2/c19-16(20)12-7-11-5-6-18-13-4-2-1-3-10(13)8-14(18)15(11)17-9-12/h1-8,17H,9H2,(H,19,20). The van der Waals surface area contributed by atoms with Crippen LogP contribution in [-0.2, 0) is 4.79 Å². The van der Waals surface area contributed by atoms with Crippen LogP contribution in [0.25, 0.3) is 22.5 Å². The van der Waals surface area contributed by atoms with Gasteiger partial charge >= 0.3 is 5.97 Å². The zero-order valence-corrected chi connectivity index (χ0v) is 10.6. The van der Waals surface area contributed by atoms with Crippen molar-refractivity contribution < 1.29 is 9.90 Å². The Labute approximate surface area is 115 Å². The number of carboxylic acids is 1. The van der Waals surface area contributed by atoms with E-state index in [1.54, 1.807) is 6.08 Å². The zero-order chi connectivity index (χ0) is 13.7. The summed E-state index contributed by atoms with van der Waals surface area (Å²) in [5.41, 5.74) is 4.53. The largest absolute Gasteiger partial charge is 0.478 e. The van der Waals surface area contributed by atoms with Gasteiger partial charge in [0.1, 0.15) is 0 Å². The Kier molecular flexibility index (Phi) is 2.15. The van der Waals surface area contributed by atoms with Crippen molar-refractivity contribution in [2.24, 2.45) is 0 Å². The summed E-state index contributed by atoms with van der Waals surface area (Å²) in [4.78, 5) is 11.1. The summed E-state index contributed by atoms with van der Waals surface area (Å²) in [5, 5.41) is 13.5. The number of aliphatic carboxylic acids is 1. The number of aromatic nitrogens is 1. The van der Waals surface area contributed by atoms with Crippen molar-refractivity contribution in [1.82, 2.24) is 4.40 Å². The summed E-state index contributed by atoms with van der Waals surface area (Å²) in [6, 6.07) is 12.3. The van der Waals surface area contributed by atoms with Crippen molar-refractivity contribution in [3.05, 3.63) is 53.7 Å². The number of hydrogen-bond donors (Lipinski definition) is 2. The van der Waals surface area contributed by atoms with Gasteiger partial charge in [-0.3, -0.25) is 0 Å². The summed E-state index contributed by atoms with van der Waals surface area (Å²) in [5.74, 6) is -0.872. The van der Waals surface area contributed by atoms with Crippen LogP contribution in [0.4, 0.5) is 5.69 Å². The summed E-state index contributed by atoms with van der Waals surface area (Å²) in [7, 11) is 0. The van der Waals surface area contributed by atoms with Gasteiger partial charge in [0, 0.05) is 23.7 Å². The number of pyridine rings is 1. The molecule has 0 spiro atoms. The van der Waals surface area contributed by atoms with E-state index in [2.05, 4.69) is 27.9 Å². The number of anilines is 1. The van der Waals surface area contributed by atoms with Gasteiger partial charge in [-0.05, 0) is 24.3 Å². The van der Waals surface area contributed by atoms with Crippen LogP contribution in [0.3, 0.4) is 0 Å². The van der Waals surface area contributed by atoms with Crippen LogP contribution in [0.2, 0.25) is 0 Å². The first-order valence-corrected chi connectivity index (χ1v) is 6.44. The second kappa shape index (κ2) is 3.87. The van der Waals surface area contributed by atoms with E-state index in [1.807, 2.05) is 24.4 Å². The summed E-state index contributed by atoms with van der Waals surface area (Å²) >= 11 is 0. The molecule has 3 aromatic rings. The summed E-state index contributed by atoms with van der Waals surface area (Å²) in [6.45, 7) is 0.351. The predicted molar refractivity (Wildman–Crippen MR) is 79.0 cm³/mol. The smallest absolute Gasteiger partial charge is 0.333 e. The molecule has 98 valence electrons. The van der Waals surface area contributed by atoms with Crippen LogP contribution in [0.1, 0.15) is 5.56 Å². The van der Waals surface area contributed by atoms with Crippen LogP contribution in [0.15, 0.2) is 48.2 Å². The molecule has 0 radical (unpaired) electrons. The minimum Gasteiger partial charge on any atom is -0.478 e. The number of benzene rings is 1. The Hall–Kier alpha value is -2.75. The van der Waals surface area contributed by atoms with E-state index >= 15 is 0 Å². The van der Waals surface area contributed by atoms with Gasteiger partial charge in [-0.25, -0.2) is 4.79 Å². The lowest BCUT2D eigenvalue weighted by Gasteiger charge is -2.17. The molecule has 0 amide bonds. The highest BCUT2D eigenvalue weighted by Gasteiger charge is 2.17. The molecule has 2 N–H and O–H groups in total. The topological polar surface area (TPSA) is 53.7 Å². The number of carboxylic acid groups (broad SMARTS) is 1. The van der Waals surface area contributed by atoms with Crippen LogP contribution < -0.4 is 5.32 Å². The molecule has 4 heteroatoms. The molecule has 1 aliphatic heterocycles. The molecule has 0 fully saturated rings. The summed E-state index contributed by atoms with van der Waals surface area (Å²) in [6.07, 6.45) is 3.73. The van der Waals surface area contributed by atoms with Crippen molar-refractivity contribution >= 4 is 34.2 Å². The average molecular weight is 264 g/mol. The highest BCUT2D eigenvalue weighted by Crippen LogP contribution is 2.32. The third-order valence-corrected chi connectivity index (χ3v) is 3.76. The van der Waals surface area contributed by atoms with Crippen LogP contribution in [0.5, 0.6) is 0 Å². The van der Waals surface area contributed by atoms with E-state index in [9.17, 15) is 4.79 Å². The minimum absolute atomic E-state index is 0.351. The van der Waals surface area contributed by atoms with Gasteiger partial charge in [-0.15, -0.1) is 0 Å². The van der Waals surface area contributed by atoms with Crippen molar-refractivity contribution in [2.75, 3.05) is 11.9 Å². The van der Waals surface area contributed by atoms with Crippen LogP contribution >= 0.6 is 0 Å². The molecule has 0 unspecified atom stereocenters. The average Bonchev–Trinajstić information content (AvgIpc) is 2.85. The van der Waals surface area contributed by atoms with E-state index in [1.165, 1.54) is 5.39 Å². The van der Waals surface area contributed by atoms with E-state index < -0.39 is 5.97 Å². The molecular formula is C16H12N2O2. The van der Waals surface area contributed by atoms with E-state index in [-0.39, 0.29) is 0 Å². The normalized spacial score (nSPS) is 13.9. The van der Waals surface area contributed by atoms with Gasteiger partial charge in [-0.1, -0.05) is 18.2 Å². The maximum atomic E-state index is 11.1. The molecule has 3 heterocycles. The molecule has 2 aromatic heterocycles. The Morgan fingerprint density at radius 2 is 2.05 bits per heavy atom. The number of rotatable bonds is 1. The van der Waals surface area contributed by atoms with E-state index in [0.29, 0.717) is 12.1 Å². The number of hydrogen-bond acceptors (Lipinski definition) is 2. The quantitative estimate of drug-likeness (QED) is 0.710. The van der Waals surface area contributed by atoms with Crippen LogP contribution in [-0.4, -0.2) is 22.0 Å². The molecule has 0 aliphatic carbocycles. The van der Waals surface area contributed by atoms with Gasteiger partial charge in [0.15, 0.2) is 0 Å². The Bertz CT molecular complexity index is 890. The summed E-state index contributed by atoms with van der Waals surface area (Å²) < 4.78 is 2.13. The van der Waals surface area contributed by atoms with Gasteiger partial charge in [-0.2, -0.15) is 0 Å². The fourth-order valence-corrected chi connectivity index (χ4v) is 2.79. The molecule has 0 atom stereocenters. The lowest BCUT2D eigenvalue weighted by molar-refractivity contribution is -0.132. The lowest BCUT2D eigenvalue weighted by atomic mass is 10.1. The molecule has 0 saturated heterocycles. The third kappa shape index (κ3) is 1.45. The molecule has 1 aliphatic rings. The Balaban J connectivity index is 2.04. The van der Waals surface area contributed by atoms with Crippen LogP contribution in [0, 0.1) is 0 Å². The van der Waals surface area contributed by atoms with Crippen molar-refractivity contribution in [1.29, 1.82) is 0 Å². The molecule has 20 heavy (non-hydrogen) atoms. The van der Waals surface area contributed by atoms with Crippen molar-refractivity contribution in [3.8, 4) is 0 Å². The molecule has 0 saturated carbocycles. The predicted octanol–water partition coefficient (Wildman–Crippen LogP) is 2.99. The molecule has 4 rings (SSSR count). The first kappa shape index (κ1) is 11.1. The first-order valence-electron chi connectivity index (χ1n) is 6.44. The number of nitrogens with one attached hydrogen (secondary N) is 1. The second-order valence-electron chi connectivity index (χ2n) is 4.93. The first-order chi connectivity index (χ1) is 9.74. The van der Waals surface area contributed by atoms with Crippen molar-refractivity contribution in [2.45, 2.75) is 0 Å². The number of nitrogens with zero attached hydrogens (tertiary/aromatic N) is 1. The minimum atomic E-state index is -0.872. The van der Waals surface area contributed by atoms with Gasteiger partial charge < -0.3 is 14.8 Å². The lowest BCUT2D eigenvalue weighted by Crippen LogP contribution is -2.17. The Morgan fingerprint density at radius 1 is 1.20 bits per heavy atom. The molecule has 1 aromatic carbocycles. The second-order valence-corrected chi connectivity index (χ2v) is 4.93. The van der Waals surface area contributed by atoms with Gasteiger partial charge in [0.25, 0.3) is 0 Å². The molecular weight excluding hydrogens is 252 g/mol. The monoisotopic (exact) mass is 264 g/mol. The maximum Gasteiger partial charge on any atom is 0.333 e. The van der Waals surface area contributed by atoms with Gasteiger partial charge in [0.05, 0.1) is 22.3 Å². The maximum absolute atomic E-state index is 11.1. The number of fused-ring (bicyclic) bond motifs is 5. The van der Waals surface area contributed by atoms with E-state index in [4.69, 9.17) is 5.11 Å². The highest BCUT2D eigenvalue weighted by molar-refractivity contribution is 6.00. The zero-order valence-electron chi connectivity index (χ0n) is 10.6. The van der Waals surface area contributed by atoms with Gasteiger partial charge in [0.2, 0.25) is 0 Å². The SMILES string of the molecule is O=C(O)C1=Cc2ccn3c(cc4ccccc43)c2NC1. The fraction of sp³-hybridized carbons (Fsp3) is 0.0625. The van der Waals surface area contributed by atoms with E-state index in [0.717, 1.165) is 22.3 Å². The Morgan fingerprint density at radius 3 is 2.90 bits per heavy atom. The molecule has 0 bridgehead atoms. The third-order valence-electron chi connectivity index (χ3n) is 3.76. The molecule has 4 nitrogen and oxygen atoms in total. The van der Waals surface area contributed by atoms with Crippen molar-refractivity contribution in [3.63, 3.8) is 0 Å². The number of carbonyl (C=O) groups is 1.